The van der Waals surface area contributed by atoms with E-state index in [1.807, 2.05) is 19.9 Å². The summed E-state index contributed by atoms with van der Waals surface area (Å²) >= 11 is 0. The largest absolute Gasteiger partial charge is 0.356 e. The summed E-state index contributed by atoms with van der Waals surface area (Å²) in [5.74, 6) is 0.280. The first-order chi connectivity index (χ1) is 13.7. The molecule has 1 aliphatic rings. The van der Waals surface area contributed by atoms with Crippen LogP contribution >= 0.6 is 0 Å². The fraction of sp³-hybridized carbons (Fsp3) is 0.524. The molecule has 8 heteroatoms. The van der Waals surface area contributed by atoms with Gasteiger partial charge in [0, 0.05) is 43.7 Å². The van der Waals surface area contributed by atoms with Crippen LogP contribution in [0.2, 0.25) is 0 Å². The van der Waals surface area contributed by atoms with Crippen LogP contribution < -0.4 is 0 Å². The van der Waals surface area contributed by atoms with Gasteiger partial charge in [0.2, 0.25) is 5.91 Å². The van der Waals surface area contributed by atoms with E-state index in [0.717, 1.165) is 30.9 Å². The van der Waals surface area contributed by atoms with Crippen molar-refractivity contribution >= 4 is 15.7 Å². The van der Waals surface area contributed by atoms with Gasteiger partial charge in [-0.05, 0) is 38.9 Å². The molecule has 158 valence electrons. The highest BCUT2D eigenvalue weighted by atomic mass is 32.2. The minimum atomic E-state index is -3.60. The van der Waals surface area contributed by atoms with Crippen LogP contribution in [0.1, 0.15) is 30.2 Å². The molecule has 0 radical (unpaired) electrons. The maximum Gasteiger partial charge on any atom is 0.223 e. The zero-order valence-electron chi connectivity index (χ0n) is 17.6. The SMILES string of the molecule is CCN1CCN(C(=O)CCS(=O)(=O)c2cc(-c3onc(C)c3C)ccc2C)CC1. The highest BCUT2D eigenvalue weighted by molar-refractivity contribution is 7.91. The Kier molecular flexibility index (Phi) is 6.43. The molecule has 3 rings (SSSR count). The summed E-state index contributed by atoms with van der Waals surface area (Å²) in [6.07, 6.45) is -0.00142. The monoisotopic (exact) mass is 419 g/mol. The minimum absolute atomic E-state index is 0.00142. The lowest BCUT2D eigenvalue weighted by Gasteiger charge is -2.34. The first kappa shape index (κ1) is 21.5. The number of carbonyl (C=O) groups is 1. The summed E-state index contributed by atoms with van der Waals surface area (Å²) in [7, 11) is -3.60. The van der Waals surface area contributed by atoms with Crippen molar-refractivity contribution in [1.82, 2.24) is 15.0 Å². The van der Waals surface area contributed by atoms with Crippen LogP contribution in [0.4, 0.5) is 0 Å². The van der Waals surface area contributed by atoms with E-state index in [2.05, 4.69) is 17.0 Å². The summed E-state index contributed by atoms with van der Waals surface area (Å²) in [5.41, 5.74) is 3.00. The van der Waals surface area contributed by atoms with E-state index in [-0.39, 0.29) is 23.0 Å². The number of likely N-dealkylation sites (N-methyl/N-ethyl adjacent to an activating group) is 1. The second-order valence-electron chi connectivity index (χ2n) is 7.59. The van der Waals surface area contributed by atoms with E-state index in [0.29, 0.717) is 30.0 Å². The molecule has 1 aromatic carbocycles. The second kappa shape index (κ2) is 8.67. The number of aromatic nitrogens is 1. The number of benzene rings is 1. The molecule has 0 unspecified atom stereocenters. The summed E-state index contributed by atoms with van der Waals surface area (Å²) in [5, 5.41) is 3.95. The molecule has 1 aliphatic heterocycles. The van der Waals surface area contributed by atoms with Crippen molar-refractivity contribution in [2.45, 2.75) is 39.0 Å². The fourth-order valence-electron chi connectivity index (χ4n) is 3.56. The highest BCUT2D eigenvalue weighted by Crippen LogP contribution is 2.29. The maximum absolute atomic E-state index is 13.0. The number of hydrogen-bond donors (Lipinski definition) is 0. The van der Waals surface area contributed by atoms with Gasteiger partial charge in [-0.25, -0.2) is 8.42 Å². The van der Waals surface area contributed by atoms with Crippen molar-refractivity contribution in [3.8, 4) is 11.3 Å². The Balaban J connectivity index is 1.73. The molecule has 0 aliphatic carbocycles. The summed E-state index contributed by atoms with van der Waals surface area (Å²) < 4.78 is 31.3. The van der Waals surface area contributed by atoms with Crippen LogP contribution in [0.3, 0.4) is 0 Å². The molecule has 0 N–H and O–H groups in total. The average Bonchev–Trinajstić information content (AvgIpc) is 3.05. The smallest absolute Gasteiger partial charge is 0.223 e. The van der Waals surface area contributed by atoms with Crippen LogP contribution in [0.15, 0.2) is 27.6 Å². The van der Waals surface area contributed by atoms with E-state index in [4.69, 9.17) is 4.52 Å². The molecule has 7 nitrogen and oxygen atoms in total. The molecule has 29 heavy (non-hydrogen) atoms. The van der Waals surface area contributed by atoms with E-state index >= 15 is 0 Å². The van der Waals surface area contributed by atoms with Crippen molar-refractivity contribution in [3.05, 3.63) is 35.0 Å². The molecule has 0 bridgehead atoms. The number of piperazine rings is 1. The van der Waals surface area contributed by atoms with Gasteiger partial charge >= 0.3 is 0 Å². The molecule has 2 aromatic rings. The first-order valence-corrected chi connectivity index (χ1v) is 11.6. The third-order valence-electron chi connectivity index (χ3n) is 5.70. The molecule has 1 saturated heterocycles. The summed E-state index contributed by atoms with van der Waals surface area (Å²) in [6, 6.07) is 5.23. The Bertz CT molecular complexity index is 989. The lowest BCUT2D eigenvalue weighted by atomic mass is 10.1. The lowest BCUT2D eigenvalue weighted by Crippen LogP contribution is -2.48. The quantitative estimate of drug-likeness (QED) is 0.716. The van der Waals surface area contributed by atoms with Gasteiger partial charge in [0.1, 0.15) is 0 Å². The zero-order valence-corrected chi connectivity index (χ0v) is 18.4. The Morgan fingerprint density at radius 1 is 1.14 bits per heavy atom. The first-order valence-electron chi connectivity index (χ1n) is 9.99. The van der Waals surface area contributed by atoms with Gasteiger partial charge in [0.05, 0.1) is 16.3 Å². The van der Waals surface area contributed by atoms with Crippen molar-refractivity contribution in [2.24, 2.45) is 0 Å². The number of sulfone groups is 1. The minimum Gasteiger partial charge on any atom is -0.356 e. The van der Waals surface area contributed by atoms with Gasteiger partial charge in [0.15, 0.2) is 15.6 Å². The number of aryl methyl sites for hydroxylation is 2. The number of amides is 1. The molecule has 2 heterocycles. The Labute approximate surface area is 172 Å². The summed E-state index contributed by atoms with van der Waals surface area (Å²) in [4.78, 5) is 16.8. The van der Waals surface area contributed by atoms with Crippen LogP contribution in [0, 0.1) is 20.8 Å². The number of rotatable bonds is 6. The van der Waals surface area contributed by atoms with Crippen molar-refractivity contribution < 1.29 is 17.7 Å². The van der Waals surface area contributed by atoms with Crippen molar-refractivity contribution in [3.63, 3.8) is 0 Å². The molecular weight excluding hydrogens is 390 g/mol. The van der Waals surface area contributed by atoms with Gasteiger partial charge in [-0.15, -0.1) is 0 Å². The molecule has 0 saturated carbocycles. The fourth-order valence-corrected chi connectivity index (χ4v) is 5.09. The molecule has 1 amide bonds. The normalized spacial score (nSPS) is 15.7. The van der Waals surface area contributed by atoms with E-state index < -0.39 is 9.84 Å². The van der Waals surface area contributed by atoms with E-state index in [1.54, 1.807) is 24.0 Å². The van der Waals surface area contributed by atoms with Gasteiger partial charge in [-0.2, -0.15) is 0 Å². The van der Waals surface area contributed by atoms with Gasteiger partial charge in [0.25, 0.3) is 0 Å². The van der Waals surface area contributed by atoms with E-state index in [9.17, 15) is 13.2 Å². The predicted octanol–water partition coefficient (Wildman–Crippen LogP) is 2.59. The van der Waals surface area contributed by atoms with Gasteiger partial charge in [-0.3, -0.25) is 4.79 Å². The summed E-state index contributed by atoms with van der Waals surface area (Å²) in [6.45, 7) is 11.6. The third kappa shape index (κ3) is 4.70. The van der Waals surface area contributed by atoms with Crippen LogP contribution in [0.5, 0.6) is 0 Å². The number of hydrogen-bond acceptors (Lipinski definition) is 6. The lowest BCUT2D eigenvalue weighted by molar-refractivity contribution is -0.132. The Morgan fingerprint density at radius 2 is 1.83 bits per heavy atom. The number of carbonyl (C=O) groups excluding carboxylic acids is 1. The second-order valence-corrected chi connectivity index (χ2v) is 9.66. The van der Waals surface area contributed by atoms with E-state index in [1.165, 1.54) is 0 Å². The molecule has 0 atom stereocenters. The molecule has 1 aromatic heterocycles. The van der Waals surface area contributed by atoms with Gasteiger partial charge < -0.3 is 14.3 Å². The highest BCUT2D eigenvalue weighted by Gasteiger charge is 2.24. The standard InChI is InChI=1S/C21H29N3O4S/c1-5-23-9-11-24(12-10-23)20(25)8-13-29(26,27)19-14-18(7-6-15(19)2)21-16(3)17(4)22-28-21/h6-7,14H,5,8-13H2,1-4H3. The van der Waals surface area contributed by atoms with Crippen LogP contribution in [-0.2, 0) is 14.6 Å². The Morgan fingerprint density at radius 3 is 2.41 bits per heavy atom. The third-order valence-corrected chi connectivity index (χ3v) is 7.55. The van der Waals surface area contributed by atoms with Crippen LogP contribution in [-0.4, -0.2) is 67.8 Å². The number of nitrogens with zero attached hydrogens (tertiary/aromatic N) is 3. The topological polar surface area (TPSA) is 83.7 Å². The molecule has 0 spiro atoms. The molecule has 1 fully saturated rings. The van der Waals surface area contributed by atoms with Gasteiger partial charge in [-0.1, -0.05) is 24.2 Å². The average molecular weight is 420 g/mol. The zero-order chi connectivity index (χ0) is 21.2. The maximum atomic E-state index is 13.0. The Hall–Kier alpha value is -2.19. The van der Waals surface area contributed by atoms with Crippen molar-refractivity contribution in [2.75, 3.05) is 38.5 Å². The predicted molar refractivity (Wildman–Crippen MR) is 112 cm³/mol. The van der Waals surface area contributed by atoms with Crippen molar-refractivity contribution in [1.29, 1.82) is 0 Å². The van der Waals surface area contributed by atoms with Crippen LogP contribution in [0.25, 0.3) is 11.3 Å². The molecular formula is C21H29N3O4S.